The summed E-state index contributed by atoms with van der Waals surface area (Å²) in [5, 5.41) is 16.4. The molecular weight excluding hydrogens is 378 g/mol. The van der Waals surface area contributed by atoms with Crippen molar-refractivity contribution in [3.63, 3.8) is 0 Å². The molecule has 4 rings (SSSR count). The first-order chi connectivity index (χ1) is 14.6. The monoisotopic (exact) mass is 407 g/mol. The van der Waals surface area contributed by atoms with Crippen LogP contribution in [0.4, 0.5) is 5.69 Å². The van der Waals surface area contributed by atoms with E-state index in [1.807, 2.05) is 12.1 Å². The van der Waals surface area contributed by atoms with Gasteiger partial charge in [0.2, 0.25) is 5.91 Å². The summed E-state index contributed by atoms with van der Waals surface area (Å²) >= 11 is 0. The van der Waals surface area contributed by atoms with Gasteiger partial charge >= 0.3 is 0 Å². The lowest BCUT2D eigenvalue weighted by molar-refractivity contribution is -0.119. The number of anilines is 1. The summed E-state index contributed by atoms with van der Waals surface area (Å²) in [6.45, 7) is 1.36. The molecule has 1 aliphatic heterocycles. The first kappa shape index (κ1) is 20.6. The quantitative estimate of drug-likeness (QED) is 0.656. The van der Waals surface area contributed by atoms with Gasteiger partial charge in [-0.25, -0.2) is 0 Å². The van der Waals surface area contributed by atoms with E-state index in [1.165, 1.54) is 11.1 Å². The largest absolute Gasteiger partial charge is 0.390 e. The van der Waals surface area contributed by atoms with E-state index < -0.39 is 6.10 Å². The molecule has 1 atom stereocenters. The third-order valence-corrected chi connectivity index (χ3v) is 5.96. The van der Waals surface area contributed by atoms with Crippen LogP contribution in [0.1, 0.15) is 40.7 Å². The van der Waals surface area contributed by atoms with Crippen LogP contribution in [0, 0.1) is 0 Å². The van der Waals surface area contributed by atoms with Gasteiger partial charge in [0, 0.05) is 43.3 Å². The van der Waals surface area contributed by atoms with Crippen LogP contribution in [0.5, 0.6) is 0 Å². The van der Waals surface area contributed by atoms with Gasteiger partial charge in [0.15, 0.2) is 0 Å². The van der Waals surface area contributed by atoms with Crippen LogP contribution < -0.4 is 15.5 Å². The number of piperidine rings is 1. The topological polar surface area (TPSA) is 81.7 Å². The number of hydrogen-bond acceptors (Lipinski definition) is 4. The van der Waals surface area contributed by atoms with Crippen LogP contribution >= 0.6 is 0 Å². The van der Waals surface area contributed by atoms with E-state index in [4.69, 9.17) is 0 Å². The molecule has 1 saturated heterocycles. The van der Waals surface area contributed by atoms with Crippen molar-refractivity contribution < 1.29 is 14.7 Å². The number of nitrogens with zero attached hydrogens (tertiary/aromatic N) is 1. The van der Waals surface area contributed by atoms with Crippen molar-refractivity contribution in [2.45, 2.75) is 44.2 Å². The standard InChI is InChI=1S/C24H29N3O3/c28-22(15-25-20-13-18-5-1-2-6-19(18)14-20)16-26-24(30)17-8-10-21(11-9-17)27-12-4-3-7-23(27)29/h1-2,5-6,8-11,20,22,25,28H,3-4,7,12-16H2,(H,26,30). The molecule has 158 valence electrons. The van der Waals surface area contributed by atoms with Gasteiger partial charge < -0.3 is 20.6 Å². The summed E-state index contributed by atoms with van der Waals surface area (Å²) < 4.78 is 0. The zero-order chi connectivity index (χ0) is 20.9. The lowest BCUT2D eigenvalue weighted by Crippen LogP contribution is -2.41. The number of hydrogen-bond donors (Lipinski definition) is 3. The molecule has 0 saturated carbocycles. The van der Waals surface area contributed by atoms with Gasteiger partial charge in [-0.3, -0.25) is 9.59 Å². The van der Waals surface area contributed by atoms with Crippen molar-refractivity contribution in [2.75, 3.05) is 24.5 Å². The van der Waals surface area contributed by atoms with E-state index in [9.17, 15) is 14.7 Å². The molecule has 3 N–H and O–H groups in total. The van der Waals surface area contributed by atoms with Gasteiger partial charge in [-0.05, 0) is 61.1 Å². The van der Waals surface area contributed by atoms with E-state index in [1.54, 1.807) is 17.0 Å². The van der Waals surface area contributed by atoms with Crippen molar-refractivity contribution in [3.8, 4) is 0 Å². The number of aliphatic hydroxyl groups excluding tert-OH is 1. The second-order valence-electron chi connectivity index (χ2n) is 8.20. The number of carbonyl (C=O) groups is 2. The van der Waals surface area contributed by atoms with Gasteiger partial charge in [0.25, 0.3) is 5.91 Å². The Kier molecular flexibility index (Phi) is 6.45. The van der Waals surface area contributed by atoms with E-state index in [2.05, 4.69) is 34.9 Å². The minimum absolute atomic E-state index is 0.138. The van der Waals surface area contributed by atoms with Gasteiger partial charge in [-0.1, -0.05) is 24.3 Å². The summed E-state index contributed by atoms with van der Waals surface area (Å²) in [7, 11) is 0. The normalized spacial score (nSPS) is 17.6. The minimum atomic E-state index is -0.650. The van der Waals surface area contributed by atoms with Crippen LogP contribution in [0.2, 0.25) is 0 Å². The van der Waals surface area contributed by atoms with E-state index in [-0.39, 0.29) is 18.4 Å². The zero-order valence-corrected chi connectivity index (χ0v) is 17.1. The smallest absolute Gasteiger partial charge is 0.251 e. The molecule has 0 aromatic heterocycles. The van der Waals surface area contributed by atoms with Crippen molar-refractivity contribution in [1.29, 1.82) is 0 Å². The Morgan fingerprint density at radius 2 is 1.73 bits per heavy atom. The molecule has 2 amide bonds. The number of rotatable bonds is 7. The van der Waals surface area contributed by atoms with Crippen molar-refractivity contribution in [3.05, 3.63) is 65.2 Å². The average Bonchev–Trinajstić information content (AvgIpc) is 3.19. The summed E-state index contributed by atoms with van der Waals surface area (Å²) in [6, 6.07) is 15.8. The van der Waals surface area contributed by atoms with Gasteiger partial charge in [-0.2, -0.15) is 0 Å². The van der Waals surface area contributed by atoms with Gasteiger partial charge in [0.05, 0.1) is 6.10 Å². The van der Waals surface area contributed by atoms with Crippen LogP contribution in [0.3, 0.4) is 0 Å². The van der Waals surface area contributed by atoms with Crippen molar-refractivity contribution in [1.82, 2.24) is 10.6 Å². The van der Waals surface area contributed by atoms with Crippen LogP contribution in [-0.2, 0) is 17.6 Å². The van der Waals surface area contributed by atoms with Crippen LogP contribution in [0.25, 0.3) is 0 Å². The Bertz CT molecular complexity index is 872. The SMILES string of the molecule is O=C(NCC(O)CNC1Cc2ccccc2C1)c1ccc(N2CCCCC2=O)cc1. The highest BCUT2D eigenvalue weighted by Crippen LogP contribution is 2.22. The number of nitrogens with one attached hydrogen (secondary N) is 2. The molecule has 0 radical (unpaired) electrons. The maximum atomic E-state index is 12.4. The van der Waals surface area contributed by atoms with Crippen molar-refractivity contribution >= 4 is 17.5 Å². The molecule has 30 heavy (non-hydrogen) atoms. The predicted molar refractivity (Wildman–Crippen MR) is 117 cm³/mol. The summed E-state index contributed by atoms with van der Waals surface area (Å²) in [5.41, 5.74) is 4.09. The highest BCUT2D eigenvalue weighted by molar-refractivity contribution is 5.96. The van der Waals surface area contributed by atoms with Crippen LogP contribution in [-0.4, -0.2) is 48.7 Å². The number of benzene rings is 2. The fourth-order valence-electron chi connectivity index (χ4n) is 4.26. The van der Waals surface area contributed by atoms with Crippen molar-refractivity contribution in [2.24, 2.45) is 0 Å². The molecule has 6 heteroatoms. The Morgan fingerprint density at radius 3 is 2.40 bits per heavy atom. The van der Waals surface area contributed by atoms with E-state index >= 15 is 0 Å². The van der Waals surface area contributed by atoms with E-state index in [0.717, 1.165) is 37.9 Å². The predicted octanol–water partition coefficient (Wildman–Crippen LogP) is 2.05. The first-order valence-electron chi connectivity index (χ1n) is 10.8. The summed E-state index contributed by atoms with van der Waals surface area (Å²) in [5.74, 6) is -0.0849. The number of aliphatic hydroxyl groups is 1. The lowest BCUT2D eigenvalue weighted by Gasteiger charge is -2.26. The fraction of sp³-hybridized carbons (Fsp3) is 0.417. The molecule has 2 aromatic rings. The molecule has 1 unspecified atom stereocenters. The molecule has 1 fully saturated rings. The number of amides is 2. The fourth-order valence-corrected chi connectivity index (χ4v) is 4.26. The third-order valence-electron chi connectivity index (χ3n) is 5.96. The highest BCUT2D eigenvalue weighted by Gasteiger charge is 2.22. The summed E-state index contributed by atoms with van der Waals surface area (Å²) in [4.78, 5) is 26.2. The Labute approximate surface area is 177 Å². The molecule has 1 heterocycles. The maximum absolute atomic E-state index is 12.4. The molecule has 2 aromatic carbocycles. The minimum Gasteiger partial charge on any atom is -0.390 e. The Hall–Kier alpha value is -2.70. The lowest BCUT2D eigenvalue weighted by atomic mass is 10.1. The number of fused-ring (bicyclic) bond motifs is 1. The second-order valence-corrected chi connectivity index (χ2v) is 8.20. The molecule has 6 nitrogen and oxygen atoms in total. The van der Waals surface area contributed by atoms with Crippen LogP contribution in [0.15, 0.2) is 48.5 Å². The zero-order valence-electron chi connectivity index (χ0n) is 17.1. The Morgan fingerprint density at radius 1 is 1.03 bits per heavy atom. The molecule has 0 bridgehead atoms. The van der Waals surface area contributed by atoms with Gasteiger partial charge in [-0.15, -0.1) is 0 Å². The molecule has 1 aliphatic carbocycles. The second kappa shape index (κ2) is 9.41. The Balaban J connectivity index is 1.21. The number of carbonyl (C=O) groups excluding carboxylic acids is 2. The maximum Gasteiger partial charge on any atom is 0.251 e. The van der Waals surface area contributed by atoms with E-state index in [0.29, 0.717) is 24.6 Å². The van der Waals surface area contributed by atoms with Gasteiger partial charge in [0.1, 0.15) is 0 Å². The third kappa shape index (κ3) is 4.89. The summed E-state index contributed by atoms with van der Waals surface area (Å²) in [6.07, 6.45) is 3.83. The first-order valence-corrected chi connectivity index (χ1v) is 10.8. The molecular formula is C24H29N3O3. The molecule has 0 spiro atoms. The highest BCUT2D eigenvalue weighted by atomic mass is 16.3. The molecule has 2 aliphatic rings. The average molecular weight is 408 g/mol.